The van der Waals surface area contributed by atoms with Crippen LogP contribution in [-0.4, -0.2) is 15.0 Å². The van der Waals surface area contributed by atoms with E-state index < -0.39 is 10.8 Å². The molecule has 2 heterocycles. The van der Waals surface area contributed by atoms with Crippen molar-refractivity contribution in [2.24, 2.45) is 0 Å². The van der Waals surface area contributed by atoms with Gasteiger partial charge in [0.15, 0.2) is 17.5 Å². The van der Waals surface area contributed by atoms with Crippen molar-refractivity contribution in [2.75, 3.05) is 0 Å². The van der Waals surface area contributed by atoms with Crippen LogP contribution in [0.4, 0.5) is 0 Å². The van der Waals surface area contributed by atoms with Crippen LogP contribution < -0.4 is 4.74 Å². The minimum Gasteiger partial charge on any atom is -0.457 e. The summed E-state index contributed by atoms with van der Waals surface area (Å²) < 4.78 is 6.65. The van der Waals surface area contributed by atoms with E-state index in [9.17, 15) is 0 Å². The minimum atomic E-state index is -0.638. The SMILES string of the molecule is CC1(C)c2ccccc2C2(c3ccccc3Oc3ccccc32)c2cccc(-c3nc(-c4ccccc4)nc(-c4ccccc4-c4ccccc4)n3)c21. The molecule has 0 atom stereocenters. The highest BCUT2D eigenvalue weighted by Crippen LogP contribution is 2.62. The molecule has 10 rings (SSSR count). The van der Waals surface area contributed by atoms with E-state index >= 15 is 0 Å². The number of fused-ring (bicyclic) bond motifs is 8. The van der Waals surface area contributed by atoms with Crippen molar-refractivity contribution in [3.63, 3.8) is 0 Å². The highest BCUT2D eigenvalue weighted by atomic mass is 16.5. The summed E-state index contributed by atoms with van der Waals surface area (Å²) in [5.74, 6) is 3.64. The lowest BCUT2D eigenvalue weighted by Crippen LogP contribution is -2.43. The van der Waals surface area contributed by atoms with E-state index in [-0.39, 0.29) is 0 Å². The number of para-hydroxylation sites is 2. The molecule has 1 aliphatic carbocycles. The van der Waals surface area contributed by atoms with Gasteiger partial charge in [-0.25, -0.2) is 15.0 Å². The van der Waals surface area contributed by atoms with Gasteiger partial charge in [-0.05, 0) is 45.5 Å². The van der Waals surface area contributed by atoms with Crippen molar-refractivity contribution in [3.05, 3.63) is 209 Å². The molecule has 2 aliphatic rings. The van der Waals surface area contributed by atoms with Crippen LogP contribution in [0.5, 0.6) is 11.5 Å². The summed E-state index contributed by atoms with van der Waals surface area (Å²) in [6.45, 7) is 4.67. The summed E-state index contributed by atoms with van der Waals surface area (Å²) in [5, 5.41) is 0. The number of ether oxygens (including phenoxy) is 1. The first-order valence-electron chi connectivity index (χ1n) is 18.1. The number of aromatic nitrogens is 3. The Morgan fingerprint density at radius 2 is 0.811 bits per heavy atom. The highest BCUT2D eigenvalue weighted by Gasteiger charge is 2.53. The number of hydrogen-bond acceptors (Lipinski definition) is 4. The molecule has 1 spiro atoms. The number of rotatable bonds is 4. The van der Waals surface area contributed by atoms with Crippen molar-refractivity contribution < 1.29 is 4.74 Å². The van der Waals surface area contributed by atoms with Crippen molar-refractivity contribution in [2.45, 2.75) is 24.7 Å². The number of nitrogens with zero attached hydrogens (tertiary/aromatic N) is 3. The molecule has 0 bridgehead atoms. The van der Waals surface area contributed by atoms with Crippen LogP contribution in [0.25, 0.3) is 45.3 Å². The molecule has 0 amide bonds. The fraction of sp³-hybridized carbons (Fsp3) is 0.0816. The van der Waals surface area contributed by atoms with E-state index in [4.69, 9.17) is 19.7 Å². The third kappa shape index (κ3) is 4.65. The molecule has 0 saturated carbocycles. The summed E-state index contributed by atoms with van der Waals surface area (Å²) >= 11 is 0. The molecule has 0 saturated heterocycles. The zero-order chi connectivity index (χ0) is 35.6. The van der Waals surface area contributed by atoms with Gasteiger partial charge in [0, 0.05) is 33.2 Å². The first-order chi connectivity index (χ1) is 26.0. The quantitative estimate of drug-likeness (QED) is 0.185. The van der Waals surface area contributed by atoms with Crippen LogP contribution in [0.2, 0.25) is 0 Å². The van der Waals surface area contributed by atoms with Crippen LogP contribution >= 0.6 is 0 Å². The molecule has 1 aliphatic heterocycles. The average molecular weight is 682 g/mol. The Labute approximate surface area is 309 Å². The standard InChI is InChI=1S/C49H35N3O/c1-48(2)37-25-11-12-26-38(37)49(39-27-13-15-30-42(39)53-43-31-16-14-28-40(43)49)41-29-17-24-36(44(41)48)47-51-45(33-20-7-4-8-21-33)50-46(52-47)35-23-10-9-22-34(35)32-18-5-3-6-19-32/h3-31H,1-2H3. The smallest absolute Gasteiger partial charge is 0.164 e. The van der Waals surface area contributed by atoms with Crippen LogP contribution in [0, 0.1) is 0 Å². The summed E-state index contributed by atoms with van der Waals surface area (Å²) in [7, 11) is 0. The second-order valence-corrected chi connectivity index (χ2v) is 14.3. The van der Waals surface area contributed by atoms with Gasteiger partial charge in [0.1, 0.15) is 11.5 Å². The Morgan fingerprint density at radius 3 is 1.47 bits per heavy atom. The fourth-order valence-electron chi connectivity index (χ4n) is 8.81. The Bertz CT molecular complexity index is 2640. The number of benzene rings is 7. The zero-order valence-corrected chi connectivity index (χ0v) is 29.5. The van der Waals surface area contributed by atoms with Crippen molar-refractivity contribution >= 4 is 0 Å². The molecule has 53 heavy (non-hydrogen) atoms. The molecule has 252 valence electrons. The molecule has 4 nitrogen and oxygen atoms in total. The normalized spacial score (nSPS) is 14.3. The summed E-state index contributed by atoms with van der Waals surface area (Å²) in [6.07, 6.45) is 0. The molecule has 4 heteroatoms. The monoisotopic (exact) mass is 681 g/mol. The summed E-state index contributed by atoms with van der Waals surface area (Å²) in [5.41, 5.74) is 11.2. The van der Waals surface area contributed by atoms with Gasteiger partial charge in [-0.15, -0.1) is 0 Å². The lowest BCUT2D eigenvalue weighted by atomic mass is 9.53. The third-order valence-corrected chi connectivity index (χ3v) is 11.1. The van der Waals surface area contributed by atoms with Gasteiger partial charge in [0.25, 0.3) is 0 Å². The van der Waals surface area contributed by atoms with Crippen molar-refractivity contribution in [1.29, 1.82) is 0 Å². The first-order valence-corrected chi connectivity index (χ1v) is 18.1. The molecule has 0 radical (unpaired) electrons. The Morgan fingerprint density at radius 1 is 0.358 bits per heavy atom. The van der Waals surface area contributed by atoms with Crippen LogP contribution in [0.15, 0.2) is 176 Å². The van der Waals surface area contributed by atoms with Gasteiger partial charge >= 0.3 is 0 Å². The van der Waals surface area contributed by atoms with Gasteiger partial charge in [0.2, 0.25) is 0 Å². The maximum absolute atomic E-state index is 6.65. The van der Waals surface area contributed by atoms with Crippen LogP contribution in [0.1, 0.15) is 47.2 Å². The van der Waals surface area contributed by atoms with E-state index in [0.29, 0.717) is 17.5 Å². The van der Waals surface area contributed by atoms with Crippen LogP contribution in [-0.2, 0) is 10.8 Å². The molecule has 0 unspecified atom stereocenters. The van der Waals surface area contributed by atoms with Crippen molar-refractivity contribution in [1.82, 2.24) is 15.0 Å². The minimum absolute atomic E-state index is 0.405. The van der Waals surface area contributed by atoms with Crippen LogP contribution in [0.3, 0.4) is 0 Å². The molecule has 8 aromatic rings. The Hall–Kier alpha value is -6.65. The van der Waals surface area contributed by atoms with E-state index in [1.165, 1.54) is 22.3 Å². The second kappa shape index (κ2) is 12.0. The topological polar surface area (TPSA) is 47.9 Å². The van der Waals surface area contributed by atoms with Gasteiger partial charge in [-0.3, -0.25) is 0 Å². The van der Waals surface area contributed by atoms with E-state index in [1.54, 1.807) is 0 Å². The van der Waals surface area contributed by atoms with Crippen molar-refractivity contribution in [3.8, 4) is 56.8 Å². The predicted octanol–water partition coefficient (Wildman–Crippen LogP) is 11.7. The molecule has 0 fully saturated rings. The largest absolute Gasteiger partial charge is 0.457 e. The predicted molar refractivity (Wildman–Crippen MR) is 212 cm³/mol. The van der Waals surface area contributed by atoms with E-state index in [0.717, 1.165) is 50.4 Å². The fourth-order valence-corrected chi connectivity index (χ4v) is 8.81. The molecular formula is C49H35N3O. The lowest BCUT2D eigenvalue weighted by Gasteiger charge is -2.50. The van der Waals surface area contributed by atoms with E-state index in [1.807, 2.05) is 24.3 Å². The Kier molecular flexibility index (Phi) is 7.02. The maximum atomic E-state index is 6.65. The molecule has 1 aromatic heterocycles. The first kappa shape index (κ1) is 31.1. The summed E-state index contributed by atoms with van der Waals surface area (Å²) in [6, 6.07) is 61.6. The Balaban J connectivity index is 1.30. The second-order valence-electron chi connectivity index (χ2n) is 14.3. The van der Waals surface area contributed by atoms with E-state index in [2.05, 4.69) is 166 Å². The maximum Gasteiger partial charge on any atom is 0.164 e. The summed E-state index contributed by atoms with van der Waals surface area (Å²) in [4.78, 5) is 15.9. The van der Waals surface area contributed by atoms with Gasteiger partial charge in [-0.2, -0.15) is 0 Å². The third-order valence-electron chi connectivity index (χ3n) is 11.1. The zero-order valence-electron chi connectivity index (χ0n) is 29.5. The highest BCUT2D eigenvalue weighted by molar-refractivity contribution is 5.84. The van der Waals surface area contributed by atoms with Gasteiger partial charge < -0.3 is 4.74 Å². The molecule has 7 aromatic carbocycles. The lowest BCUT2D eigenvalue weighted by molar-refractivity contribution is 0.425. The molecular weight excluding hydrogens is 647 g/mol. The van der Waals surface area contributed by atoms with Gasteiger partial charge in [0.05, 0.1) is 5.41 Å². The number of hydrogen-bond donors (Lipinski definition) is 0. The molecule has 0 N–H and O–H groups in total. The van der Waals surface area contributed by atoms with Gasteiger partial charge in [-0.1, -0.05) is 178 Å². The average Bonchev–Trinajstić information content (AvgIpc) is 3.23.